The van der Waals surface area contributed by atoms with Gasteiger partial charge in [-0.2, -0.15) is 4.98 Å². The molecule has 2 unspecified atom stereocenters. The van der Waals surface area contributed by atoms with E-state index < -0.39 is 5.60 Å². The number of hydrogen-bond donors (Lipinski definition) is 3. The predicted molar refractivity (Wildman–Crippen MR) is 103 cm³/mol. The number of aromatic nitrogens is 5. The molecule has 3 heterocycles. The lowest BCUT2D eigenvalue weighted by molar-refractivity contribution is 0.0410. The molecule has 7 heteroatoms. The molecule has 1 aliphatic rings. The lowest BCUT2D eigenvalue weighted by atomic mass is 9.79. The zero-order valence-electron chi connectivity index (χ0n) is 15.2. The van der Waals surface area contributed by atoms with Crippen molar-refractivity contribution in [2.45, 2.75) is 44.8 Å². The Bertz CT molecular complexity index is 990. The SMILES string of the molecule is CC1CCCC(O)(C#Cc2nc(NCc3ccccn3)c3[nH]cnc3n2)C1. The number of imidazole rings is 1. The van der Waals surface area contributed by atoms with Crippen molar-refractivity contribution in [3.05, 3.63) is 42.2 Å². The van der Waals surface area contributed by atoms with Gasteiger partial charge in [0.2, 0.25) is 5.82 Å². The van der Waals surface area contributed by atoms with E-state index in [9.17, 15) is 5.11 Å². The Labute approximate surface area is 157 Å². The summed E-state index contributed by atoms with van der Waals surface area (Å²) < 4.78 is 0. The van der Waals surface area contributed by atoms with Crippen LogP contribution in [0.4, 0.5) is 5.82 Å². The van der Waals surface area contributed by atoms with E-state index in [-0.39, 0.29) is 0 Å². The predicted octanol–water partition coefficient (Wildman–Crippen LogP) is 2.65. The number of H-pyrrole nitrogens is 1. The van der Waals surface area contributed by atoms with Gasteiger partial charge < -0.3 is 15.4 Å². The number of nitrogens with zero attached hydrogens (tertiary/aromatic N) is 4. The first-order valence-corrected chi connectivity index (χ1v) is 9.22. The summed E-state index contributed by atoms with van der Waals surface area (Å²) in [7, 11) is 0. The van der Waals surface area contributed by atoms with E-state index in [4.69, 9.17) is 0 Å². The number of hydrogen-bond acceptors (Lipinski definition) is 6. The Balaban J connectivity index is 1.60. The average molecular weight is 362 g/mol. The maximum absolute atomic E-state index is 10.7. The quantitative estimate of drug-likeness (QED) is 0.620. The third-order valence-corrected chi connectivity index (χ3v) is 4.83. The summed E-state index contributed by atoms with van der Waals surface area (Å²) in [6.45, 7) is 2.68. The summed E-state index contributed by atoms with van der Waals surface area (Å²) in [5.74, 6) is 7.42. The van der Waals surface area contributed by atoms with Crippen molar-refractivity contribution in [2.75, 3.05) is 5.32 Å². The van der Waals surface area contributed by atoms with E-state index in [1.807, 2.05) is 18.2 Å². The molecular weight excluding hydrogens is 340 g/mol. The van der Waals surface area contributed by atoms with Gasteiger partial charge in [-0.15, -0.1) is 0 Å². The number of rotatable bonds is 3. The van der Waals surface area contributed by atoms with E-state index in [2.05, 4.69) is 49.0 Å². The van der Waals surface area contributed by atoms with Gasteiger partial charge in [0.15, 0.2) is 11.5 Å². The zero-order chi connectivity index (χ0) is 18.7. The van der Waals surface area contributed by atoms with Crippen molar-refractivity contribution in [1.29, 1.82) is 0 Å². The highest BCUT2D eigenvalue weighted by Gasteiger charge is 2.30. The first-order valence-electron chi connectivity index (χ1n) is 9.22. The van der Waals surface area contributed by atoms with Crippen molar-refractivity contribution >= 4 is 17.0 Å². The molecule has 3 aromatic rings. The summed E-state index contributed by atoms with van der Waals surface area (Å²) in [6.07, 6.45) is 6.85. The molecule has 3 N–H and O–H groups in total. The number of aliphatic hydroxyl groups is 1. The van der Waals surface area contributed by atoms with Crippen LogP contribution in [0, 0.1) is 17.8 Å². The molecule has 0 amide bonds. The van der Waals surface area contributed by atoms with Gasteiger partial charge in [-0.05, 0) is 43.2 Å². The second-order valence-electron chi connectivity index (χ2n) is 7.15. The minimum Gasteiger partial charge on any atom is -0.378 e. The molecule has 2 atom stereocenters. The molecule has 0 spiro atoms. The van der Waals surface area contributed by atoms with Crippen LogP contribution in [0.5, 0.6) is 0 Å². The first-order chi connectivity index (χ1) is 13.1. The maximum Gasteiger partial charge on any atom is 0.209 e. The topological polar surface area (TPSA) is 99.6 Å². The molecule has 7 nitrogen and oxygen atoms in total. The van der Waals surface area contributed by atoms with E-state index in [0.717, 1.165) is 24.1 Å². The van der Waals surface area contributed by atoms with E-state index in [0.29, 0.717) is 42.6 Å². The van der Waals surface area contributed by atoms with Crippen molar-refractivity contribution in [3.63, 3.8) is 0 Å². The summed E-state index contributed by atoms with van der Waals surface area (Å²) >= 11 is 0. The number of pyridine rings is 1. The van der Waals surface area contributed by atoms with Gasteiger partial charge in [-0.3, -0.25) is 4.98 Å². The van der Waals surface area contributed by atoms with Crippen LogP contribution in [0.2, 0.25) is 0 Å². The standard InChI is InChI=1S/C20H22N6O/c1-14-5-4-8-20(27,11-14)9-7-16-25-18(17-19(26-16)24-13-23-17)22-12-15-6-2-3-10-21-15/h2-3,6,10,13-14,27H,4-5,8,11-12H2,1H3,(H2,22,23,24,25,26). The van der Waals surface area contributed by atoms with E-state index in [1.165, 1.54) is 0 Å². The smallest absolute Gasteiger partial charge is 0.209 e. The molecule has 0 saturated heterocycles. The molecule has 1 aliphatic carbocycles. The van der Waals surface area contributed by atoms with Gasteiger partial charge in [-0.25, -0.2) is 9.97 Å². The van der Waals surface area contributed by atoms with Crippen LogP contribution in [0.3, 0.4) is 0 Å². The van der Waals surface area contributed by atoms with Crippen molar-refractivity contribution in [2.24, 2.45) is 5.92 Å². The third kappa shape index (κ3) is 4.07. The lowest BCUT2D eigenvalue weighted by Crippen LogP contribution is -2.32. The number of fused-ring (bicyclic) bond motifs is 1. The molecule has 1 fully saturated rings. The van der Waals surface area contributed by atoms with Gasteiger partial charge in [0.05, 0.1) is 18.6 Å². The summed E-state index contributed by atoms with van der Waals surface area (Å²) in [5.41, 5.74) is 1.22. The van der Waals surface area contributed by atoms with E-state index in [1.54, 1.807) is 12.5 Å². The molecule has 3 aromatic heterocycles. The normalized spacial score (nSPS) is 22.2. The summed E-state index contributed by atoms with van der Waals surface area (Å²) in [6, 6.07) is 5.77. The Morgan fingerprint density at radius 3 is 3.07 bits per heavy atom. The highest BCUT2D eigenvalue weighted by atomic mass is 16.3. The molecule has 4 rings (SSSR count). The third-order valence-electron chi connectivity index (χ3n) is 4.83. The van der Waals surface area contributed by atoms with Crippen LogP contribution >= 0.6 is 0 Å². The van der Waals surface area contributed by atoms with Gasteiger partial charge in [0.25, 0.3) is 0 Å². The van der Waals surface area contributed by atoms with Crippen LogP contribution in [0.15, 0.2) is 30.7 Å². The lowest BCUT2D eigenvalue weighted by Gasteiger charge is -2.30. The molecule has 0 bridgehead atoms. The van der Waals surface area contributed by atoms with Gasteiger partial charge >= 0.3 is 0 Å². The number of anilines is 1. The summed E-state index contributed by atoms with van der Waals surface area (Å²) in [4.78, 5) is 20.5. The van der Waals surface area contributed by atoms with Crippen molar-refractivity contribution in [3.8, 4) is 11.8 Å². The fourth-order valence-corrected chi connectivity index (χ4v) is 3.50. The van der Waals surface area contributed by atoms with Crippen LogP contribution < -0.4 is 5.32 Å². The monoisotopic (exact) mass is 362 g/mol. The average Bonchev–Trinajstić information content (AvgIpc) is 3.14. The summed E-state index contributed by atoms with van der Waals surface area (Å²) in [5, 5.41) is 14.0. The Kier molecular flexibility index (Phi) is 4.73. The minimum atomic E-state index is -0.955. The molecule has 0 radical (unpaired) electrons. The molecule has 0 aromatic carbocycles. The van der Waals surface area contributed by atoms with Crippen molar-refractivity contribution < 1.29 is 5.11 Å². The van der Waals surface area contributed by atoms with E-state index >= 15 is 0 Å². The highest BCUT2D eigenvalue weighted by molar-refractivity contribution is 5.82. The van der Waals surface area contributed by atoms with Crippen LogP contribution in [0.25, 0.3) is 11.2 Å². The van der Waals surface area contributed by atoms with Crippen molar-refractivity contribution in [1.82, 2.24) is 24.9 Å². The Morgan fingerprint density at radius 2 is 2.26 bits per heavy atom. The first kappa shape index (κ1) is 17.4. The molecule has 1 saturated carbocycles. The molecule has 27 heavy (non-hydrogen) atoms. The zero-order valence-corrected chi connectivity index (χ0v) is 15.2. The Morgan fingerprint density at radius 1 is 1.33 bits per heavy atom. The fourth-order valence-electron chi connectivity index (χ4n) is 3.50. The Hall–Kier alpha value is -2.98. The second-order valence-corrected chi connectivity index (χ2v) is 7.15. The molecule has 0 aliphatic heterocycles. The van der Waals surface area contributed by atoms with Crippen LogP contribution in [0.1, 0.15) is 44.1 Å². The molecule has 138 valence electrons. The second kappa shape index (κ2) is 7.33. The largest absolute Gasteiger partial charge is 0.378 e. The van der Waals surface area contributed by atoms with Gasteiger partial charge in [0, 0.05) is 6.20 Å². The fraction of sp³-hybridized carbons (Fsp3) is 0.400. The molecular formula is C20H22N6O. The van der Waals surface area contributed by atoms with Crippen LogP contribution in [-0.2, 0) is 6.54 Å². The van der Waals surface area contributed by atoms with Crippen LogP contribution in [-0.4, -0.2) is 35.6 Å². The maximum atomic E-state index is 10.7. The minimum absolute atomic E-state index is 0.352. The van der Waals surface area contributed by atoms with Gasteiger partial charge in [-0.1, -0.05) is 25.3 Å². The van der Waals surface area contributed by atoms with Gasteiger partial charge in [0.1, 0.15) is 11.1 Å². The number of aromatic amines is 1. The number of nitrogens with one attached hydrogen (secondary N) is 2. The highest BCUT2D eigenvalue weighted by Crippen LogP contribution is 2.31.